The largest absolute Gasteiger partial charge is 0.252 e. The highest BCUT2D eigenvalue weighted by Gasteiger charge is 2.04. The van der Waals surface area contributed by atoms with Gasteiger partial charge in [0.25, 0.3) is 0 Å². The maximum atomic E-state index is 4.22. The molecule has 2 rings (SSSR count). The van der Waals surface area contributed by atoms with Crippen LogP contribution in [0, 0.1) is 3.01 Å². The van der Waals surface area contributed by atoms with E-state index in [1.54, 1.807) is 23.0 Å². The van der Waals surface area contributed by atoms with Crippen molar-refractivity contribution in [2.24, 2.45) is 0 Å². The van der Waals surface area contributed by atoms with Crippen LogP contribution >= 0.6 is 45.5 Å². The Hall–Kier alpha value is -0.0800. The highest BCUT2D eigenvalue weighted by molar-refractivity contribution is 14.1. The van der Waals surface area contributed by atoms with Gasteiger partial charge in [-0.15, -0.1) is 11.3 Å². The molecule has 0 spiro atoms. The number of aromatic nitrogens is 3. The molecule has 0 aliphatic rings. The van der Waals surface area contributed by atoms with Crippen molar-refractivity contribution in [1.29, 1.82) is 0 Å². The molecule has 2 heterocycles. The molecule has 11 heavy (non-hydrogen) atoms. The first-order chi connectivity index (χ1) is 5.36. The van der Waals surface area contributed by atoms with E-state index < -0.39 is 0 Å². The van der Waals surface area contributed by atoms with E-state index in [1.807, 2.05) is 0 Å². The lowest BCUT2D eigenvalue weighted by atomic mass is 10.5. The van der Waals surface area contributed by atoms with E-state index >= 15 is 0 Å². The number of thiazole rings is 1. The van der Waals surface area contributed by atoms with Crippen molar-refractivity contribution >= 4 is 45.5 Å². The molecule has 2 aromatic heterocycles. The third-order valence-corrected chi connectivity index (χ3v) is 3.16. The Labute approximate surface area is 84.8 Å². The Morgan fingerprint density at radius 3 is 2.91 bits per heavy atom. The summed E-state index contributed by atoms with van der Waals surface area (Å²) in [5, 5.41) is 0. The van der Waals surface area contributed by atoms with Crippen molar-refractivity contribution in [3.63, 3.8) is 0 Å². The minimum Gasteiger partial charge on any atom is -0.252 e. The second-order valence-electron chi connectivity index (χ2n) is 1.74. The van der Waals surface area contributed by atoms with Gasteiger partial charge in [-0.3, -0.25) is 4.98 Å². The van der Waals surface area contributed by atoms with E-state index in [1.165, 1.54) is 11.5 Å². The molecule has 0 aromatic carbocycles. The van der Waals surface area contributed by atoms with Crippen LogP contribution in [-0.4, -0.2) is 14.3 Å². The molecule has 0 bridgehead atoms. The molecule has 0 saturated carbocycles. The van der Waals surface area contributed by atoms with E-state index in [0.29, 0.717) is 0 Å². The molecule has 0 fully saturated rings. The first kappa shape index (κ1) is 7.56. The molecule has 0 aliphatic heterocycles. The Bertz CT molecular complexity index is 342. The topological polar surface area (TPSA) is 38.7 Å². The van der Waals surface area contributed by atoms with Crippen molar-refractivity contribution in [2.75, 3.05) is 0 Å². The highest BCUT2D eigenvalue weighted by atomic mass is 127. The van der Waals surface area contributed by atoms with Gasteiger partial charge in [0.2, 0.25) is 0 Å². The molecule has 0 radical (unpaired) electrons. The van der Waals surface area contributed by atoms with Crippen LogP contribution in [0.1, 0.15) is 0 Å². The number of hydrogen-bond donors (Lipinski definition) is 0. The summed E-state index contributed by atoms with van der Waals surface area (Å²) >= 11 is 5.12. The number of hydrogen-bond acceptors (Lipinski definition) is 5. The van der Waals surface area contributed by atoms with Crippen molar-refractivity contribution in [1.82, 2.24) is 14.3 Å². The first-order valence-corrected chi connectivity index (χ1v) is 5.47. The van der Waals surface area contributed by atoms with Gasteiger partial charge in [0.05, 0.1) is 10.4 Å². The van der Waals surface area contributed by atoms with Gasteiger partial charge < -0.3 is 0 Å². The van der Waals surface area contributed by atoms with Gasteiger partial charge in [-0.1, -0.05) is 0 Å². The van der Waals surface area contributed by atoms with Crippen LogP contribution in [0.5, 0.6) is 0 Å². The van der Waals surface area contributed by atoms with Gasteiger partial charge >= 0.3 is 0 Å². The van der Waals surface area contributed by atoms with Gasteiger partial charge in [-0.2, -0.15) is 4.37 Å². The summed E-state index contributed by atoms with van der Waals surface area (Å²) in [6, 6.07) is 0. The summed E-state index contributed by atoms with van der Waals surface area (Å²) < 4.78 is 5.12. The number of nitrogens with zero attached hydrogens (tertiary/aromatic N) is 3. The van der Waals surface area contributed by atoms with Gasteiger partial charge in [-0.25, -0.2) is 4.98 Å². The lowest BCUT2D eigenvalue weighted by molar-refractivity contribution is 1.30. The number of halogens is 1. The second kappa shape index (κ2) is 3.11. The molecule has 0 unspecified atom stereocenters. The summed E-state index contributed by atoms with van der Waals surface area (Å²) in [6.45, 7) is 0. The normalized spacial score (nSPS) is 10.3. The summed E-state index contributed by atoms with van der Waals surface area (Å²) in [5.74, 6) is 0.793. The van der Waals surface area contributed by atoms with Crippen LogP contribution in [0.15, 0.2) is 11.7 Å². The Kier molecular flexibility index (Phi) is 2.14. The minimum absolute atomic E-state index is 0.793. The number of rotatable bonds is 1. The zero-order valence-electron chi connectivity index (χ0n) is 5.19. The molecule has 0 amide bonds. The molecule has 0 aliphatic carbocycles. The average molecular weight is 295 g/mol. The molecule has 56 valence electrons. The fraction of sp³-hybridized carbons (Fsp3) is 0. The zero-order valence-corrected chi connectivity index (χ0v) is 8.98. The maximum Gasteiger partial charge on any atom is 0.185 e. The third kappa shape index (κ3) is 1.57. The molecular formula is C5H2IN3S2. The minimum atomic E-state index is 0.793. The Morgan fingerprint density at radius 2 is 2.36 bits per heavy atom. The molecule has 0 atom stereocenters. The monoisotopic (exact) mass is 295 g/mol. The van der Waals surface area contributed by atoms with Crippen LogP contribution in [0.2, 0.25) is 0 Å². The van der Waals surface area contributed by atoms with Gasteiger partial charge in [0.15, 0.2) is 8.84 Å². The Balaban J connectivity index is 2.45. The van der Waals surface area contributed by atoms with Crippen molar-refractivity contribution in [3.8, 4) is 10.7 Å². The van der Waals surface area contributed by atoms with Crippen LogP contribution in [0.3, 0.4) is 0 Å². The van der Waals surface area contributed by atoms with E-state index in [0.717, 1.165) is 13.7 Å². The zero-order chi connectivity index (χ0) is 7.68. The van der Waals surface area contributed by atoms with Crippen LogP contribution < -0.4 is 0 Å². The van der Waals surface area contributed by atoms with Crippen molar-refractivity contribution in [2.45, 2.75) is 0 Å². The molecule has 0 N–H and O–H groups in total. The summed E-state index contributed by atoms with van der Waals surface area (Å²) in [7, 11) is 0. The van der Waals surface area contributed by atoms with E-state index in [9.17, 15) is 0 Å². The van der Waals surface area contributed by atoms with Gasteiger partial charge in [0, 0.05) is 6.20 Å². The summed E-state index contributed by atoms with van der Waals surface area (Å²) in [4.78, 5) is 9.20. The standard InChI is InChI=1S/C5H2IN3S2/c6-5-8-4(9-11-5)3-1-7-2-10-3/h1-2H. The second-order valence-corrected chi connectivity index (χ2v) is 5.13. The smallest absolute Gasteiger partial charge is 0.185 e. The molecule has 0 saturated heterocycles. The predicted octanol–water partition coefficient (Wildman–Crippen LogP) is 2.27. The highest BCUT2D eigenvalue weighted by Crippen LogP contribution is 2.21. The molecular weight excluding hydrogens is 293 g/mol. The van der Waals surface area contributed by atoms with E-state index in [4.69, 9.17) is 0 Å². The molecule has 2 aromatic rings. The van der Waals surface area contributed by atoms with Crippen molar-refractivity contribution < 1.29 is 0 Å². The maximum absolute atomic E-state index is 4.22. The van der Waals surface area contributed by atoms with E-state index in [2.05, 4.69) is 36.9 Å². The quantitative estimate of drug-likeness (QED) is 0.758. The SMILES string of the molecule is Ic1nc(-c2cncs2)ns1. The van der Waals surface area contributed by atoms with Crippen LogP contribution in [0.4, 0.5) is 0 Å². The Morgan fingerprint density at radius 1 is 1.45 bits per heavy atom. The lowest BCUT2D eigenvalue weighted by Crippen LogP contribution is -1.73. The van der Waals surface area contributed by atoms with Crippen LogP contribution in [0.25, 0.3) is 10.7 Å². The lowest BCUT2D eigenvalue weighted by Gasteiger charge is -1.81. The fourth-order valence-corrected chi connectivity index (χ4v) is 2.19. The third-order valence-electron chi connectivity index (χ3n) is 1.05. The first-order valence-electron chi connectivity index (χ1n) is 2.74. The van der Waals surface area contributed by atoms with Gasteiger partial charge in [0.1, 0.15) is 0 Å². The molecule has 6 heteroatoms. The van der Waals surface area contributed by atoms with E-state index in [-0.39, 0.29) is 0 Å². The van der Waals surface area contributed by atoms with Crippen LogP contribution in [-0.2, 0) is 0 Å². The summed E-state index contributed by atoms with van der Waals surface area (Å²) in [6.07, 6.45) is 1.78. The fourth-order valence-electron chi connectivity index (χ4n) is 0.631. The molecule has 3 nitrogen and oxygen atoms in total. The summed E-state index contributed by atoms with van der Waals surface area (Å²) in [5.41, 5.74) is 1.78. The van der Waals surface area contributed by atoms with Gasteiger partial charge in [-0.05, 0) is 34.1 Å². The predicted molar refractivity (Wildman–Crippen MR) is 53.7 cm³/mol. The average Bonchev–Trinajstić information content (AvgIpc) is 2.55. The van der Waals surface area contributed by atoms with Crippen molar-refractivity contribution in [3.05, 3.63) is 14.7 Å².